The third-order valence-corrected chi connectivity index (χ3v) is 4.32. The van der Waals surface area contributed by atoms with Crippen LogP contribution in [0.2, 0.25) is 0 Å². The predicted octanol–water partition coefficient (Wildman–Crippen LogP) is 6.67. The van der Waals surface area contributed by atoms with Crippen molar-refractivity contribution in [1.29, 1.82) is 0 Å². The average Bonchev–Trinajstić information content (AvgIpc) is 2.46. The molecule has 23 heavy (non-hydrogen) atoms. The lowest BCUT2D eigenvalue weighted by molar-refractivity contribution is 0.468. The Morgan fingerprint density at radius 2 is 1.83 bits per heavy atom. The molecule has 0 unspecified atom stereocenters. The Labute approximate surface area is 143 Å². The highest BCUT2D eigenvalue weighted by Crippen LogP contribution is 2.26. The number of allylic oxidation sites excluding steroid dienone is 4. The first-order chi connectivity index (χ1) is 10.9. The SMILES string of the molecule is CCCCCc1cc(C)c(C/C=C(\C)CCC=C(C)C)c(O)c1. The maximum Gasteiger partial charge on any atom is 0.119 e. The van der Waals surface area contributed by atoms with E-state index in [0.29, 0.717) is 5.75 Å². The van der Waals surface area contributed by atoms with Gasteiger partial charge in [0.05, 0.1) is 0 Å². The summed E-state index contributed by atoms with van der Waals surface area (Å²) in [5.41, 5.74) is 6.33. The normalized spacial score (nSPS) is 11.6. The molecule has 0 saturated heterocycles. The van der Waals surface area contributed by atoms with Crippen LogP contribution in [0.4, 0.5) is 0 Å². The van der Waals surface area contributed by atoms with Crippen molar-refractivity contribution in [2.24, 2.45) is 0 Å². The lowest BCUT2D eigenvalue weighted by Gasteiger charge is -2.11. The zero-order chi connectivity index (χ0) is 17.2. The highest BCUT2D eigenvalue weighted by atomic mass is 16.3. The summed E-state index contributed by atoms with van der Waals surface area (Å²) in [6, 6.07) is 4.21. The Bertz CT molecular complexity index is 522. The van der Waals surface area contributed by atoms with Crippen LogP contribution in [0.15, 0.2) is 35.4 Å². The minimum Gasteiger partial charge on any atom is -0.508 e. The van der Waals surface area contributed by atoms with E-state index in [9.17, 15) is 5.11 Å². The molecule has 0 aliphatic heterocycles. The van der Waals surface area contributed by atoms with Crippen molar-refractivity contribution in [2.75, 3.05) is 0 Å². The molecule has 0 spiro atoms. The molecule has 1 aromatic carbocycles. The van der Waals surface area contributed by atoms with E-state index in [1.165, 1.54) is 41.5 Å². The van der Waals surface area contributed by atoms with Gasteiger partial charge in [-0.1, -0.05) is 49.1 Å². The van der Waals surface area contributed by atoms with E-state index in [2.05, 4.69) is 52.8 Å². The Balaban J connectivity index is 2.67. The summed E-state index contributed by atoms with van der Waals surface area (Å²) in [6.45, 7) is 10.8. The van der Waals surface area contributed by atoms with Crippen LogP contribution in [-0.4, -0.2) is 5.11 Å². The van der Waals surface area contributed by atoms with Gasteiger partial charge < -0.3 is 5.11 Å². The molecule has 128 valence electrons. The van der Waals surface area contributed by atoms with Crippen LogP contribution in [0.25, 0.3) is 0 Å². The fourth-order valence-corrected chi connectivity index (χ4v) is 2.83. The fraction of sp³-hybridized carbons (Fsp3) is 0.545. The van der Waals surface area contributed by atoms with Crippen molar-refractivity contribution < 1.29 is 5.11 Å². The highest BCUT2D eigenvalue weighted by molar-refractivity contribution is 5.43. The van der Waals surface area contributed by atoms with Crippen molar-refractivity contribution >= 4 is 0 Å². The van der Waals surface area contributed by atoms with E-state index in [1.807, 2.05) is 6.07 Å². The predicted molar refractivity (Wildman–Crippen MR) is 102 cm³/mol. The Morgan fingerprint density at radius 1 is 1.09 bits per heavy atom. The molecule has 0 amide bonds. The molecule has 1 nitrogen and oxygen atoms in total. The van der Waals surface area contributed by atoms with Crippen molar-refractivity contribution in [3.05, 3.63) is 52.1 Å². The molecule has 0 aliphatic rings. The van der Waals surface area contributed by atoms with E-state index in [0.717, 1.165) is 31.2 Å². The maximum absolute atomic E-state index is 10.4. The zero-order valence-corrected chi connectivity index (χ0v) is 15.7. The Hall–Kier alpha value is -1.50. The number of rotatable bonds is 9. The molecule has 1 aromatic rings. The summed E-state index contributed by atoms with van der Waals surface area (Å²) >= 11 is 0. The molecule has 1 rings (SSSR count). The maximum atomic E-state index is 10.4. The summed E-state index contributed by atoms with van der Waals surface area (Å²) in [7, 11) is 0. The van der Waals surface area contributed by atoms with Crippen molar-refractivity contribution in [2.45, 2.75) is 79.6 Å². The third kappa shape index (κ3) is 7.54. The van der Waals surface area contributed by atoms with E-state index in [-0.39, 0.29) is 0 Å². The first-order valence-corrected chi connectivity index (χ1v) is 9.04. The van der Waals surface area contributed by atoms with E-state index in [4.69, 9.17) is 0 Å². The number of hydrogen-bond acceptors (Lipinski definition) is 1. The van der Waals surface area contributed by atoms with Crippen LogP contribution >= 0.6 is 0 Å². The van der Waals surface area contributed by atoms with Gasteiger partial charge in [0.2, 0.25) is 0 Å². The number of benzene rings is 1. The number of hydrogen-bond donors (Lipinski definition) is 1. The number of phenols is 1. The molecule has 1 heteroatoms. The largest absolute Gasteiger partial charge is 0.508 e. The van der Waals surface area contributed by atoms with Gasteiger partial charge in [-0.05, 0) is 77.0 Å². The van der Waals surface area contributed by atoms with Gasteiger partial charge in [-0.15, -0.1) is 0 Å². The number of unbranched alkanes of at least 4 members (excludes halogenated alkanes) is 2. The molecule has 0 aliphatic carbocycles. The van der Waals surface area contributed by atoms with Gasteiger partial charge >= 0.3 is 0 Å². The fourth-order valence-electron chi connectivity index (χ4n) is 2.83. The minimum absolute atomic E-state index is 0.463. The summed E-state index contributed by atoms with van der Waals surface area (Å²) < 4.78 is 0. The standard InChI is InChI=1S/C22H34O/c1-6-7-8-12-20-15-19(5)21(22(23)16-20)14-13-18(4)11-9-10-17(2)3/h10,13,15-16,23H,6-9,11-12,14H2,1-5H3/b18-13+. The monoisotopic (exact) mass is 314 g/mol. The van der Waals surface area contributed by atoms with Crippen LogP contribution in [0.1, 0.15) is 76.5 Å². The lowest BCUT2D eigenvalue weighted by Crippen LogP contribution is -1.94. The number of phenolic OH excluding ortho intramolecular Hbond substituents is 1. The second-order valence-electron chi connectivity index (χ2n) is 6.94. The Morgan fingerprint density at radius 3 is 2.43 bits per heavy atom. The molecule has 0 atom stereocenters. The van der Waals surface area contributed by atoms with E-state index in [1.54, 1.807) is 0 Å². The Kier molecular flexibility index (Phi) is 8.76. The highest BCUT2D eigenvalue weighted by Gasteiger charge is 2.06. The van der Waals surface area contributed by atoms with E-state index >= 15 is 0 Å². The van der Waals surface area contributed by atoms with Crippen LogP contribution in [0, 0.1) is 6.92 Å². The van der Waals surface area contributed by atoms with Crippen molar-refractivity contribution in [3.63, 3.8) is 0 Å². The molecule has 0 radical (unpaired) electrons. The number of aromatic hydroxyl groups is 1. The summed E-state index contributed by atoms with van der Waals surface area (Å²) in [4.78, 5) is 0. The van der Waals surface area contributed by atoms with Crippen LogP contribution in [-0.2, 0) is 12.8 Å². The molecular weight excluding hydrogens is 280 g/mol. The van der Waals surface area contributed by atoms with Gasteiger partial charge in [-0.2, -0.15) is 0 Å². The summed E-state index contributed by atoms with van der Waals surface area (Å²) in [5.74, 6) is 0.463. The third-order valence-electron chi connectivity index (χ3n) is 4.32. The van der Waals surface area contributed by atoms with Gasteiger partial charge in [0.1, 0.15) is 5.75 Å². The molecule has 0 saturated carbocycles. The summed E-state index contributed by atoms with van der Waals surface area (Å²) in [5, 5.41) is 10.4. The summed E-state index contributed by atoms with van der Waals surface area (Å²) in [6.07, 6.45) is 12.3. The van der Waals surface area contributed by atoms with Gasteiger partial charge in [-0.3, -0.25) is 0 Å². The quantitative estimate of drug-likeness (QED) is 0.398. The molecule has 0 heterocycles. The van der Waals surface area contributed by atoms with Gasteiger partial charge in [0.15, 0.2) is 0 Å². The molecule has 0 aromatic heterocycles. The van der Waals surface area contributed by atoms with Gasteiger partial charge in [-0.25, -0.2) is 0 Å². The van der Waals surface area contributed by atoms with Crippen LogP contribution in [0.3, 0.4) is 0 Å². The smallest absolute Gasteiger partial charge is 0.119 e. The average molecular weight is 315 g/mol. The van der Waals surface area contributed by atoms with Crippen molar-refractivity contribution in [3.8, 4) is 5.75 Å². The van der Waals surface area contributed by atoms with Crippen molar-refractivity contribution in [1.82, 2.24) is 0 Å². The molecule has 1 N–H and O–H groups in total. The molecule has 0 fully saturated rings. The van der Waals surface area contributed by atoms with E-state index < -0.39 is 0 Å². The zero-order valence-electron chi connectivity index (χ0n) is 15.7. The van der Waals surface area contributed by atoms with Crippen LogP contribution < -0.4 is 0 Å². The first-order valence-electron chi connectivity index (χ1n) is 9.04. The van der Waals surface area contributed by atoms with Crippen LogP contribution in [0.5, 0.6) is 5.75 Å². The lowest BCUT2D eigenvalue weighted by atomic mass is 9.97. The van der Waals surface area contributed by atoms with Gasteiger partial charge in [0, 0.05) is 5.56 Å². The first kappa shape index (κ1) is 19.5. The molecule has 0 bridgehead atoms. The minimum atomic E-state index is 0.463. The molecular formula is C22H34O. The number of aryl methyl sites for hydroxylation is 2. The second-order valence-corrected chi connectivity index (χ2v) is 6.94. The topological polar surface area (TPSA) is 20.2 Å². The van der Waals surface area contributed by atoms with Gasteiger partial charge in [0.25, 0.3) is 0 Å². The second kappa shape index (κ2) is 10.3.